The first-order chi connectivity index (χ1) is 8.43. The molecule has 0 aliphatic carbocycles. The molecule has 1 heterocycles. The molecule has 0 aromatic carbocycles. The minimum Gasteiger partial charge on any atom is -0.467 e. The van der Waals surface area contributed by atoms with E-state index >= 15 is 0 Å². The van der Waals surface area contributed by atoms with Gasteiger partial charge in [0.25, 0.3) is 0 Å². The van der Waals surface area contributed by atoms with Crippen LogP contribution >= 0.6 is 0 Å². The van der Waals surface area contributed by atoms with E-state index in [0.29, 0.717) is 12.5 Å². The normalized spacial score (nSPS) is 12.3. The molecule has 1 rings (SSSR count). The average Bonchev–Trinajstić information content (AvgIpc) is 2.74. The Morgan fingerprint density at radius 2 is 2.11 bits per heavy atom. The molecule has 0 amide bonds. The maximum Gasteiger partial charge on any atom is 0.129 e. The molecule has 0 aliphatic rings. The van der Waals surface area contributed by atoms with Crippen LogP contribution < -0.4 is 5.32 Å². The number of rotatable bonds is 8. The van der Waals surface area contributed by atoms with Crippen molar-refractivity contribution in [1.82, 2.24) is 5.32 Å². The maximum absolute atomic E-state index is 5.81. The van der Waals surface area contributed by atoms with Crippen LogP contribution in [0.2, 0.25) is 0 Å². The van der Waals surface area contributed by atoms with Gasteiger partial charge in [0.15, 0.2) is 0 Å². The second-order valence-corrected chi connectivity index (χ2v) is 5.85. The molecule has 0 aliphatic heterocycles. The Balaban J connectivity index is 2.34. The molecule has 0 saturated carbocycles. The first kappa shape index (κ1) is 15.3. The molecule has 0 saturated heterocycles. The van der Waals surface area contributed by atoms with Crippen LogP contribution in [0.15, 0.2) is 16.7 Å². The van der Waals surface area contributed by atoms with Crippen molar-refractivity contribution in [2.24, 2.45) is 5.92 Å². The van der Waals surface area contributed by atoms with E-state index in [-0.39, 0.29) is 5.60 Å². The van der Waals surface area contributed by atoms with E-state index in [1.165, 1.54) is 5.56 Å². The van der Waals surface area contributed by atoms with Crippen molar-refractivity contribution >= 4 is 0 Å². The Labute approximate surface area is 111 Å². The van der Waals surface area contributed by atoms with Crippen molar-refractivity contribution in [3.05, 3.63) is 23.7 Å². The molecule has 0 atom stereocenters. The lowest BCUT2D eigenvalue weighted by atomic mass is 10.1. The summed E-state index contributed by atoms with van der Waals surface area (Å²) in [4.78, 5) is 0. The van der Waals surface area contributed by atoms with Crippen LogP contribution in [0, 0.1) is 5.92 Å². The van der Waals surface area contributed by atoms with Gasteiger partial charge in [0.2, 0.25) is 0 Å². The van der Waals surface area contributed by atoms with Crippen molar-refractivity contribution in [3.8, 4) is 0 Å². The van der Waals surface area contributed by atoms with E-state index in [4.69, 9.17) is 9.15 Å². The molecule has 18 heavy (non-hydrogen) atoms. The second-order valence-electron chi connectivity index (χ2n) is 5.85. The summed E-state index contributed by atoms with van der Waals surface area (Å²) in [6.45, 7) is 13.2. The molecule has 0 radical (unpaired) electrons. The van der Waals surface area contributed by atoms with E-state index in [1.807, 2.05) is 6.26 Å². The van der Waals surface area contributed by atoms with Gasteiger partial charge < -0.3 is 14.5 Å². The van der Waals surface area contributed by atoms with Crippen molar-refractivity contribution in [1.29, 1.82) is 0 Å². The summed E-state index contributed by atoms with van der Waals surface area (Å²) in [5.41, 5.74) is 1.10. The van der Waals surface area contributed by atoms with Gasteiger partial charge in [0.05, 0.1) is 11.9 Å². The third-order valence-electron chi connectivity index (χ3n) is 3.05. The van der Waals surface area contributed by atoms with Gasteiger partial charge in [0, 0.05) is 12.1 Å². The van der Waals surface area contributed by atoms with Crippen LogP contribution in [-0.4, -0.2) is 12.1 Å². The van der Waals surface area contributed by atoms with Crippen LogP contribution in [0.4, 0.5) is 0 Å². The van der Waals surface area contributed by atoms with Gasteiger partial charge in [0.1, 0.15) is 12.4 Å². The zero-order valence-electron chi connectivity index (χ0n) is 12.4. The molecule has 1 aromatic heterocycles. The van der Waals surface area contributed by atoms with E-state index < -0.39 is 0 Å². The SMILES string of the molecule is CCC(C)(C)OCc1cc(CNCC(C)C)co1. The summed E-state index contributed by atoms with van der Waals surface area (Å²) in [6, 6.07) is 2.07. The maximum atomic E-state index is 5.81. The largest absolute Gasteiger partial charge is 0.467 e. The molecule has 0 bridgehead atoms. The second kappa shape index (κ2) is 6.95. The highest BCUT2D eigenvalue weighted by molar-refractivity contribution is 5.12. The first-order valence-electron chi connectivity index (χ1n) is 6.84. The van der Waals surface area contributed by atoms with Gasteiger partial charge in [-0.15, -0.1) is 0 Å². The molecular formula is C15H27NO2. The molecule has 1 N–H and O–H groups in total. The molecular weight excluding hydrogens is 226 g/mol. The van der Waals surface area contributed by atoms with E-state index in [2.05, 4.69) is 46.0 Å². The first-order valence-corrected chi connectivity index (χ1v) is 6.84. The lowest BCUT2D eigenvalue weighted by Gasteiger charge is -2.22. The third kappa shape index (κ3) is 5.69. The summed E-state index contributed by atoms with van der Waals surface area (Å²) in [5, 5.41) is 3.40. The molecule has 3 heteroatoms. The Morgan fingerprint density at radius 1 is 1.39 bits per heavy atom. The summed E-state index contributed by atoms with van der Waals surface area (Å²) >= 11 is 0. The van der Waals surface area contributed by atoms with E-state index in [0.717, 1.165) is 25.3 Å². The van der Waals surface area contributed by atoms with Gasteiger partial charge in [-0.2, -0.15) is 0 Å². The quantitative estimate of drug-likeness (QED) is 0.766. The fourth-order valence-corrected chi connectivity index (χ4v) is 1.47. The van der Waals surface area contributed by atoms with Crippen LogP contribution in [0.3, 0.4) is 0 Å². The minimum atomic E-state index is -0.0805. The molecule has 104 valence electrons. The standard InChI is InChI=1S/C15H27NO2/c1-6-15(4,5)18-11-14-7-13(10-17-14)9-16-8-12(2)3/h7,10,12,16H,6,8-9,11H2,1-5H3. The zero-order chi connectivity index (χ0) is 13.6. The van der Waals surface area contributed by atoms with Crippen LogP contribution in [0.5, 0.6) is 0 Å². The van der Waals surface area contributed by atoms with Gasteiger partial charge in [-0.05, 0) is 38.8 Å². The molecule has 0 fully saturated rings. The van der Waals surface area contributed by atoms with Gasteiger partial charge >= 0.3 is 0 Å². The van der Waals surface area contributed by atoms with Crippen molar-refractivity contribution in [2.45, 2.75) is 59.8 Å². The van der Waals surface area contributed by atoms with Crippen molar-refractivity contribution in [3.63, 3.8) is 0 Å². The summed E-state index contributed by atoms with van der Waals surface area (Å²) < 4.78 is 11.3. The highest BCUT2D eigenvalue weighted by Crippen LogP contribution is 2.17. The van der Waals surface area contributed by atoms with Crippen LogP contribution in [-0.2, 0) is 17.9 Å². The van der Waals surface area contributed by atoms with Crippen molar-refractivity contribution in [2.75, 3.05) is 6.54 Å². The topological polar surface area (TPSA) is 34.4 Å². The Morgan fingerprint density at radius 3 is 2.72 bits per heavy atom. The average molecular weight is 253 g/mol. The van der Waals surface area contributed by atoms with Gasteiger partial charge in [-0.1, -0.05) is 20.8 Å². The van der Waals surface area contributed by atoms with E-state index in [1.54, 1.807) is 0 Å². The molecule has 0 unspecified atom stereocenters. The number of ether oxygens (including phenoxy) is 1. The smallest absolute Gasteiger partial charge is 0.129 e. The number of nitrogens with one attached hydrogen (secondary N) is 1. The Kier molecular flexibility index (Phi) is 5.89. The predicted octanol–water partition coefficient (Wildman–Crippen LogP) is 3.73. The van der Waals surface area contributed by atoms with E-state index in [9.17, 15) is 0 Å². The fourth-order valence-electron chi connectivity index (χ4n) is 1.47. The zero-order valence-corrected chi connectivity index (χ0v) is 12.4. The van der Waals surface area contributed by atoms with Crippen molar-refractivity contribution < 1.29 is 9.15 Å². The number of furan rings is 1. The Hall–Kier alpha value is -0.800. The lowest BCUT2D eigenvalue weighted by molar-refractivity contribution is -0.0383. The molecule has 3 nitrogen and oxygen atoms in total. The fraction of sp³-hybridized carbons (Fsp3) is 0.733. The predicted molar refractivity (Wildman–Crippen MR) is 74.4 cm³/mol. The summed E-state index contributed by atoms with van der Waals surface area (Å²) in [6.07, 6.45) is 2.81. The highest BCUT2D eigenvalue weighted by Gasteiger charge is 2.16. The molecule has 1 aromatic rings. The summed E-state index contributed by atoms with van der Waals surface area (Å²) in [5.74, 6) is 1.57. The number of hydrogen-bond acceptors (Lipinski definition) is 3. The lowest BCUT2D eigenvalue weighted by Crippen LogP contribution is -2.22. The minimum absolute atomic E-state index is 0.0805. The van der Waals surface area contributed by atoms with Crippen LogP contribution in [0.1, 0.15) is 52.4 Å². The monoisotopic (exact) mass is 253 g/mol. The third-order valence-corrected chi connectivity index (χ3v) is 3.05. The number of hydrogen-bond donors (Lipinski definition) is 1. The van der Waals surface area contributed by atoms with Gasteiger partial charge in [-0.25, -0.2) is 0 Å². The molecule has 0 spiro atoms. The van der Waals surface area contributed by atoms with Gasteiger partial charge in [-0.3, -0.25) is 0 Å². The van der Waals surface area contributed by atoms with Crippen LogP contribution in [0.25, 0.3) is 0 Å². The highest BCUT2D eigenvalue weighted by atomic mass is 16.5. The summed E-state index contributed by atoms with van der Waals surface area (Å²) in [7, 11) is 0. The Bertz CT molecular complexity index is 342.